The molecule has 0 fully saturated rings. The van der Waals surface area contributed by atoms with E-state index in [1.807, 2.05) is 6.07 Å². The number of aromatic hydroxyl groups is 1. The average Bonchev–Trinajstić information content (AvgIpc) is 2.97. The summed E-state index contributed by atoms with van der Waals surface area (Å²) in [6.45, 7) is -0.183. The number of aromatic nitrogens is 5. The standard InChI is InChI=1S/C13H11N5O2/c19-7-9-6-18(17-16-9)13-5-11(14-8-15-13)10-3-1-2-4-12(10)20/h1-6,8,19-20H,7H2. The molecule has 0 aliphatic carbocycles. The molecule has 3 aromatic rings. The Morgan fingerprint density at radius 3 is 2.75 bits per heavy atom. The van der Waals surface area contributed by atoms with Crippen LogP contribution < -0.4 is 0 Å². The summed E-state index contributed by atoms with van der Waals surface area (Å²) in [4.78, 5) is 8.24. The quantitative estimate of drug-likeness (QED) is 0.734. The van der Waals surface area contributed by atoms with Crippen LogP contribution in [0, 0.1) is 0 Å². The van der Waals surface area contributed by atoms with Gasteiger partial charge in [-0.25, -0.2) is 14.6 Å². The maximum Gasteiger partial charge on any atom is 0.159 e. The fraction of sp³-hybridized carbons (Fsp3) is 0.0769. The number of nitrogens with zero attached hydrogens (tertiary/aromatic N) is 5. The van der Waals surface area contributed by atoms with E-state index in [-0.39, 0.29) is 12.4 Å². The van der Waals surface area contributed by atoms with Crippen molar-refractivity contribution < 1.29 is 10.2 Å². The van der Waals surface area contributed by atoms with Crippen LogP contribution in [-0.4, -0.2) is 35.2 Å². The van der Waals surface area contributed by atoms with Gasteiger partial charge in [-0.2, -0.15) is 0 Å². The molecule has 1 aromatic carbocycles. The van der Waals surface area contributed by atoms with E-state index >= 15 is 0 Å². The Labute approximate surface area is 114 Å². The van der Waals surface area contributed by atoms with Gasteiger partial charge in [0.2, 0.25) is 0 Å². The van der Waals surface area contributed by atoms with Crippen LogP contribution in [0.5, 0.6) is 5.75 Å². The van der Waals surface area contributed by atoms with Crippen LogP contribution in [0.2, 0.25) is 0 Å². The summed E-state index contributed by atoms with van der Waals surface area (Å²) in [5.74, 6) is 0.650. The smallest absolute Gasteiger partial charge is 0.159 e. The normalized spacial score (nSPS) is 10.7. The first-order valence-electron chi connectivity index (χ1n) is 5.91. The van der Waals surface area contributed by atoms with Crippen LogP contribution in [0.4, 0.5) is 0 Å². The van der Waals surface area contributed by atoms with Crippen LogP contribution in [0.15, 0.2) is 42.9 Å². The number of phenols is 1. The molecule has 0 amide bonds. The van der Waals surface area contributed by atoms with E-state index in [4.69, 9.17) is 5.11 Å². The molecule has 20 heavy (non-hydrogen) atoms. The Balaban J connectivity index is 2.04. The van der Waals surface area contributed by atoms with E-state index < -0.39 is 0 Å². The maximum atomic E-state index is 9.84. The molecule has 2 aromatic heterocycles. The molecule has 7 heteroatoms. The molecule has 2 N–H and O–H groups in total. The van der Waals surface area contributed by atoms with Crippen molar-refractivity contribution in [3.63, 3.8) is 0 Å². The van der Waals surface area contributed by atoms with E-state index in [9.17, 15) is 5.11 Å². The van der Waals surface area contributed by atoms with Crippen LogP contribution in [0.1, 0.15) is 5.69 Å². The molecule has 0 bridgehead atoms. The number of rotatable bonds is 3. The fourth-order valence-electron chi connectivity index (χ4n) is 1.79. The fourth-order valence-corrected chi connectivity index (χ4v) is 1.79. The lowest BCUT2D eigenvalue weighted by molar-refractivity contribution is 0.276. The number of hydrogen-bond donors (Lipinski definition) is 2. The van der Waals surface area contributed by atoms with Gasteiger partial charge < -0.3 is 10.2 Å². The van der Waals surface area contributed by atoms with Gasteiger partial charge in [-0.3, -0.25) is 0 Å². The summed E-state index contributed by atoms with van der Waals surface area (Å²) in [7, 11) is 0. The lowest BCUT2D eigenvalue weighted by Gasteiger charge is -2.05. The number of aliphatic hydroxyl groups excluding tert-OH is 1. The predicted molar refractivity (Wildman–Crippen MR) is 70.0 cm³/mol. The predicted octanol–water partition coefficient (Wildman–Crippen LogP) is 0.922. The molecule has 100 valence electrons. The van der Waals surface area contributed by atoms with Gasteiger partial charge in [0.25, 0.3) is 0 Å². The number of benzene rings is 1. The van der Waals surface area contributed by atoms with Crippen molar-refractivity contribution in [2.24, 2.45) is 0 Å². The molecule has 0 saturated carbocycles. The van der Waals surface area contributed by atoms with E-state index in [0.29, 0.717) is 22.8 Å². The highest BCUT2D eigenvalue weighted by Gasteiger charge is 2.08. The summed E-state index contributed by atoms with van der Waals surface area (Å²) in [5, 5.41) is 26.5. The Morgan fingerprint density at radius 2 is 2.00 bits per heavy atom. The molecular weight excluding hydrogens is 258 g/mol. The number of hydrogen-bond acceptors (Lipinski definition) is 6. The van der Waals surface area contributed by atoms with Gasteiger partial charge in [0.15, 0.2) is 5.82 Å². The van der Waals surface area contributed by atoms with Gasteiger partial charge >= 0.3 is 0 Å². The molecule has 0 saturated heterocycles. The lowest BCUT2D eigenvalue weighted by Crippen LogP contribution is -1.99. The first-order chi connectivity index (χ1) is 9.78. The first-order valence-corrected chi connectivity index (χ1v) is 5.91. The van der Waals surface area contributed by atoms with E-state index in [1.165, 1.54) is 11.0 Å². The summed E-state index contributed by atoms with van der Waals surface area (Å²) < 4.78 is 1.44. The zero-order valence-corrected chi connectivity index (χ0v) is 10.4. The number of aliphatic hydroxyl groups is 1. The van der Waals surface area contributed by atoms with Crippen molar-refractivity contribution in [3.8, 4) is 22.8 Å². The van der Waals surface area contributed by atoms with Crippen LogP contribution in [0.25, 0.3) is 17.1 Å². The van der Waals surface area contributed by atoms with Crippen molar-refractivity contribution in [1.29, 1.82) is 0 Å². The Bertz CT molecular complexity index is 741. The minimum atomic E-state index is -0.183. The number of para-hydroxylation sites is 1. The van der Waals surface area contributed by atoms with E-state index in [1.54, 1.807) is 30.5 Å². The van der Waals surface area contributed by atoms with Crippen molar-refractivity contribution in [3.05, 3.63) is 48.5 Å². The molecule has 2 heterocycles. The van der Waals surface area contributed by atoms with E-state index in [2.05, 4.69) is 20.3 Å². The molecule has 3 rings (SSSR count). The van der Waals surface area contributed by atoms with Gasteiger partial charge in [-0.05, 0) is 12.1 Å². The molecule has 7 nitrogen and oxygen atoms in total. The molecule has 0 spiro atoms. The molecule has 0 radical (unpaired) electrons. The summed E-state index contributed by atoms with van der Waals surface area (Å²) >= 11 is 0. The topological polar surface area (TPSA) is 97.0 Å². The second-order valence-corrected chi connectivity index (χ2v) is 4.09. The summed E-state index contributed by atoms with van der Waals surface area (Å²) in [5.41, 5.74) is 1.64. The van der Waals surface area contributed by atoms with Crippen LogP contribution in [0.3, 0.4) is 0 Å². The Morgan fingerprint density at radius 1 is 1.15 bits per heavy atom. The SMILES string of the molecule is OCc1cn(-c2cc(-c3ccccc3O)ncn2)nn1. The van der Waals surface area contributed by atoms with E-state index in [0.717, 1.165) is 0 Å². The van der Waals surface area contributed by atoms with Crippen LogP contribution >= 0.6 is 0 Å². The largest absolute Gasteiger partial charge is 0.507 e. The summed E-state index contributed by atoms with van der Waals surface area (Å²) in [6, 6.07) is 8.60. The van der Waals surface area contributed by atoms with Crippen molar-refractivity contribution in [2.45, 2.75) is 6.61 Å². The molecule has 0 aliphatic heterocycles. The average molecular weight is 269 g/mol. The zero-order valence-electron chi connectivity index (χ0n) is 10.4. The second-order valence-electron chi connectivity index (χ2n) is 4.09. The first kappa shape index (κ1) is 12.2. The third kappa shape index (κ3) is 2.21. The lowest BCUT2D eigenvalue weighted by atomic mass is 10.1. The van der Waals surface area contributed by atoms with Crippen molar-refractivity contribution >= 4 is 0 Å². The Hall–Kier alpha value is -2.80. The van der Waals surface area contributed by atoms with Crippen molar-refractivity contribution in [2.75, 3.05) is 0 Å². The third-order valence-electron chi connectivity index (χ3n) is 2.77. The maximum absolute atomic E-state index is 9.84. The minimum Gasteiger partial charge on any atom is -0.507 e. The highest BCUT2D eigenvalue weighted by atomic mass is 16.3. The zero-order chi connectivity index (χ0) is 13.9. The van der Waals surface area contributed by atoms with Gasteiger partial charge in [0.05, 0.1) is 18.5 Å². The minimum absolute atomic E-state index is 0.145. The molecule has 0 unspecified atom stereocenters. The molecule has 0 aliphatic rings. The van der Waals surface area contributed by atoms with Gasteiger partial charge in [0.1, 0.15) is 17.8 Å². The number of phenolic OH excluding ortho intramolecular Hbond substituents is 1. The van der Waals surface area contributed by atoms with Crippen LogP contribution in [-0.2, 0) is 6.61 Å². The molecular formula is C13H11N5O2. The van der Waals surface area contributed by atoms with Crippen molar-refractivity contribution in [1.82, 2.24) is 25.0 Å². The van der Waals surface area contributed by atoms with Gasteiger partial charge in [0, 0.05) is 11.6 Å². The highest BCUT2D eigenvalue weighted by Crippen LogP contribution is 2.27. The highest BCUT2D eigenvalue weighted by molar-refractivity contribution is 5.67. The second kappa shape index (κ2) is 5.06. The monoisotopic (exact) mass is 269 g/mol. The summed E-state index contributed by atoms with van der Waals surface area (Å²) in [6.07, 6.45) is 2.97. The van der Waals surface area contributed by atoms with Gasteiger partial charge in [-0.15, -0.1) is 5.10 Å². The van der Waals surface area contributed by atoms with Gasteiger partial charge in [-0.1, -0.05) is 17.3 Å². The third-order valence-corrected chi connectivity index (χ3v) is 2.77. The molecule has 0 atom stereocenters. The Kier molecular flexibility index (Phi) is 3.10.